The summed E-state index contributed by atoms with van der Waals surface area (Å²) in [7, 11) is 0. The summed E-state index contributed by atoms with van der Waals surface area (Å²) >= 11 is 0. The van der Waals surface area contributed by atoms with E-state index < -0.39 is 0 Å². The maximum Gasteiger partial charge on any atom is 0.254 e. The third-order valence-electron chi connectivity index (χ3n) is 5.22. The number of nitrogens with zero attached hydrogens (tertiary/aromatic N) is 4. The molecule has 3 aliphatic rings. The number of hydrogen-bond acceptors (Lipinski definition) is 7. The van der Waals surface area contributed by atoms with Gasteiger partial charge in [-0.05, 0) is 44.6 Å². The highest BCUT2D eigenvalue weighted by atomic mass is 16.2. The van der Waals surface area contributed by atoms with Crippen LogP contribution in [-0.2, 0) is 9.59 Å². The van der Waals surface area contributed by atoms with Gasteiger partial charge >= 0.3 is 0 Å². The lowest BCUT2D eigenvalue weighted by Gasteiger charge is -2.14. The molecule has 1 unspecified atom stereocenters. The quantitative estimate of drug-likeness (QED) is 0.521. The van der Waals surface area contributed by atoms with Gasteiger partial charge in [-0.15, -0.1) is 0 Å². The number of amides is 2. The van der Waals surface area contributed by atoms with E-state index in [0.717, 1.165) is 12.8 Å². The average molecular weight is 367 g/mol. The van der Waals surface area contributed by atoms with E-state index in [0.29, 0.717) is 46.7 Å². The lowest BCUT2D eigenvalue weighted by Crippen LogP contribution is -2.21. The molecular weight excluding hydrogens is 346 g/mol. The van der Waals surface area contributed by atoms with E-state index in [2.05, 4.69) is 37.9 Å². The van der Waals surface area contributed by atoms with E-state index in [1.54, 1.807) is 16.8 Å². The van der Waals surface area contributed by atoms with Crippen LogP contribution in [0.3, 0.4) is 0 Å². The van der Waals surface area contributed by atoms with Gasteiger partial charge in [0.25, 0.3) is 5.91 Å². The van der Waals surface area contributed by atoms with E-state index in [9.17, 15) is 9.59 Å². The van der Waals surface area contributed by atoms with Crippen molar-refractivity contribution in [2.75, 3.05) is 10.6 Å². The molecule has 9 nitrogen and oxygen atoms in total. The Morgan fingerprint density at radius 1 is 1.26 bits per heavy atom. The summed E-state index contributed by atoms with van der Waals surface area (Å²) < 4.78 is 1.66. The molecule has 0 aromatic carbocycles. The second-order valence-electron chi connectivity index (χ2n) is 7.62. The van der Waals surface area contributed by atoms with Gasteiger partial charge in [-0.3, -0.25) is 14.9 Å². The van der Waals surface area contributed by atoms with Gasteiger partial charge < -0.3 is 10.6 Å². The molecule has 1 saturated heterocycles. The van der Waals surface area contributed by atoms with Gasteiger partial charge in [-0.2, -0.15) is 19.6 Å². The van der Waals surface area contributed by atoms with Crippen LogP contribution in [0.2, 0.25) is 0 Å². The third kappa shape index (κ3) is 3.24. The van der Waals surface area contributed by atoms with E-state index in [1.807, 2.05) is 0 Å². The van der Waals surface area contributed by atoms with Gasteiger partial charge in [-0.1, -0.05) is 0 Å². The number of aromatic nitrogens is 4. The number of nitrogens with one attached hydrogen (secondary N) is 3. The molecule has 9 heteroatoms. The largest absolute Gasteiger partial charge is 0.351 e. The number of imide groups is 1. The SMILES string of the molecule is CC(Nc1nc(NC2CC2)n2ncc(/C=C3\CC(=O)NC3=O)c2n1)C1CC1. The normalized spacial score (nSPS) is 22.3. The van der Waals surface area contributed by atoms with Crippen molar-refractivity contribution in [3.05, 3.63) is 17.3 Å². The predicted octanol–water partition coefficient (Wildman–Crippen LogP) is 1.34. The summed E-state index contributed by atoms with van der Waals surface area (Å²) in [6, 6.07) is 0.727. The molecule has 3 fully saturated rings. The molecule has 0 spiro atoms. The molecule has 2 saturated carbocycles. The monoisotopic (exact) mass is 367 g/mol. The zero-order valence-electron chi connectivity index (χ0n) is 15.0. The fourth-order valence-corrected chi connectivity index (χ4v) is 3.29. The molecule has 0 bridgehead atoms. The van der Waals surface area contributed by atoms with Crippen molar-refractivity contribution in [3.63, 3.8) is 0 Å². The van der Waals surface area contributed by atoms with E-state index in [4.69, 9.17) is 0 Å². The molecule has 2 aliphatic carbocycles. The molecule has 2 amide bonds. The maximum atomic E-state index is 11.9. The molecule has 3 N–H and O–H groups in total. The molecule has 27 heavy (non-hydrogen) atoms. The predicted molar refractivity (Wildman–Crippen MR) is 99.0 cm³/mol. The summed E-state index contributed by atoms with van der Waals surface area (Å²) in [5.41, 5.74) is 1.72. The highest BCUT2D eigenvalue weighted by Crippen LogP contribution is 2.34. The Kier molecular flexibility index (Phi) is 3.63. The van der Waals surface area contributed by atoms with E-state index in [-0.39, 0.29) is 18.2 Å². The Bertz CT molecular complexity index is 971. The second kappa shape index (κ2) is 6.04. The molecule has 0 radical (unpaired) electrons. The van der Waals surface area contributed by atoms with Crippen LogP contribution in [0.1, 0.15) is 44.6 Å². The molecule has 5 rings (SSSR count). The minimum absolute atomic E-state index is 0.0816. The molecule has 140 valence electrons. The van der Waals surface area contributed by atoms with Gasteiger partial charge in [0.2, 0.25) is 17.8 Å². The van der Waals surface area contributed by atoms with Crippen LogP contribution in [0.15, 0.2) is 11.8 Å². The Labute approximate surface area is 155 Å². The molecular formula is C18H21N7O2. The molecule has 1 aliphatic heterocycles. The topological polar surface area (TPSA) is 113 Å². The minimum atomic E-state index is -0.356. The molecule has 2 aromatic heterocycles. The van der Waals surface area contributed by atoms with Crippen molar-refractivity contribution in [2.45, 2.75) is 51.1 Å². The number of carbonyl (C=O) groups excluding carboxylic acids is 2. The Hall–Kier alpha value is -2.97. The van der Waals surface area contributed by atoms with Crippen LogP contribution in [0.5, 0.6) is 0 Å². The van der Waals surface area contributed by atoms with Gasteiger partial charge in [0, 0.05) is 23.2 Å². The zero-order chi connectivity index (χ0) is 18.5. The zero-order valence-corrected chi connectivity index (χ0v) is 15.0. The smallest absolute Gasteiger partial charge is 0.254 e. The van der Waals surface area contributed by atoms with Crippen molar-refractivity contribution < 1.29 is 9.59 Å². The standard InChI is InChI=1S/C18H21N7O2/c1-9(10-2-3-10)20-17-23-15-12(6-11-7-14(26)22-16(11)27)8-19-25(15)18(24-17)21-13-4-5-13/h6,8-10,13H,2-5,7H2,1H3,(H,22,26,27)(H2,20,21,23,24)/b11-6+. The van der Waals surface area contributed by atoms with Gasteiger partial charge in [-0.25, -0.2) is 0 Å². The van der Waals surface area contributed by atoms with Crippen molar-refractivity contribution >= 4 is 35.4 Å². The summed E-state index contributed by atoms with van der Waals surface area (Å²) in [5.74, 6) is 1.23. The van der Waals surface area contributed by atoms with Crippen LogP contribution in [0.25, 0.3) is 11.7 Å². The summed E-state index contributed by atoms with van der Waals surface area (Å²) in [6.45, 7) is 2.15. The number of carbonyl (C=O) groups is 2. The summed E-state index contributed by atoms with van der Waals surface area (Å²) in [6.07, 6.45) is 8.12. The van der Waals surface area contributed by atoms with Gasteiger partial charge in [0.15, 0.2) is 5.65 Å². The molecule has 2 aromatic rings. The Morgan fingerprint density at radius 3 is 2.74 bits per heavy atom. The van der Waals surface area contributed by atoms with Crippen molar-refractivity contribution in [1.29, 1.82) is 0 Å². The van der Waals surface area contributed by atoms with Gasteiger partial charge in [0.1, 0.15) is 0 Å². The van der Waals surface area contributed by atoms with Crippen LogP contribution in [0.4, 0.5) is 11.9 Å². The number of anilines is 2. The van der Waals surface area contributed by atoms with Crippen LogP contribution in [-0.4, -0.2) is 43.5 Å². The third-order valence-corrected chi connectivity index (χ3v) is 5.22. The highest BCUT2D eigenvalue weighted by Gasteiger charge is 2.29. The van der Waals surface area contributed by atoms with Crippen molar-refractivity contribution in [2.24, 2.45) is 5.92 Å². The molecule has 1 atom stereocenters. The lowest BCUT2D eigenvalue weighted by molar-refractivity contribution is -0.124. The number of fused-ring (bicyclic) bond motifs is 1. The highest BCUT2D eigenvalue weighted by molar-refractivity contribution is 6.15. The Morgan fingerprint density at radius 2 is 2.07 bits per heavy atom. The first-order chi connectivity index (χ1) is 13.1. The molecule has 3 heterocycles. The van der Waals surface area contributed by atoms with E-state index in [1.165, 1.54) is 12.8 Å². The fourth-order valence-electron chi connectivity index (χ4n) is 3.29. The fraction of sp³-hybridized carbons (Fsp3) is 0.500. The van der Waals surface area contributed by atoms with Gasteiger partial charge in [0.05, 0.1) is 12.6 Å². The first-order valence-corrected chi connectivity index (χ1v) is 9.40. The number of hydrogen-bond donors (Lipinski definition) is 3. The first-order valence-electron chi connectivity index (χ1n) is 9.40. The summed E-state index contributed by atoms with van der Waals surface area (Å²) in [5, 5.41) is 13.5. The van der Waals surface area contributed by atoms with Crippen LogP contribution >= 0.6 is 0 Å². The summed E-state index contributed by atoms with van der Waals surface area (Å²) in [4.78, 5) is 32.6. The second-order valence-corrected chi connectivity index (χ2v) is 7.62. The lowest BCUT2D eigenvalue weighted by atomic mass is 10.1. The van der Waals surface area contributed by atoms with Crippen LogP contribution in [0, 0.1) is 5.92 Å². The van der Waals surface area contributed by atoms with Crippen LogP contribution < -0.4 is 16.0 Å². The number of rotatable bonds is 6. The first kappa shape index (κ1) is 16.2. The average Bonchev–Trinajstić information content (AvgIpc) is 3.53. The van der Waals surface area contributed by atoms with Crippen molar-refractivity contribution in [1.82, 2.24) is 24.9 Å². The van der Waals surface area contributed by atoms with Crippen molar-refractivity contribution in [3.8, 4) is 0 Å². The van der Waals surface area contributed by atoms with E-state index >= 15 is 0 Å². The maximum absolute atomic E-state index is 11.9. The Balaban J connectivity index is 1.54. The minimum Gasteiger partial charge on any atom is -0.351 e.